The third kappa shape index (κ3) is 4.61. The van der Waals surface area contributed by atoms with Crippen molar-refractivity contribution in [2.24, 2.45) is 5.92 Å². The zero-order chi connectivity index (χ0) is 19.2. The first-order valence-corrected chi connectivity index (χ1v) is 9.14. The first kappa shape index (κ1) is 18.8. The minimum atomic E-state index is -0.165. The molecular formula is C22H24N2O3. The van der Waals surface area contributed by atoms with E-state index in [2.05, 4.69) is 4.98 Å². The van der Waals surface area contributed by atoms with Crippen LogP contribution in [0.1, 0.15) is 34.3 Å². The summed E-state index contributed by atoms with van der Waals surface area (Å²) >= 11 is 0. The molecule has 2 heterocycles. The van der Waals surface area contributed by atoms with Crippen LogP contribution in [0.15, 0.2) is 48.8 Å². The summed E-state index contributed by atoms with van der Waals surface area (Å²) in [5.41, 5.74) is 2.49. The second-order valence-electron chi connectivity index (χ2n) is 6.79. The molecule has 0 saturated carbocycles. The van der Waals surface area contributed by atoms with E-state index in [9.17, 15) is 9.59 Å². The van der Waals surface area contributed by atoms with Crippen LogP contribution in [-0.4, -0.2) is 41.8 Å². The number of aryl methyl sites for hydroxylation is 1. The van der Waals surface area contributed by atoms with Crippen LogP contribution in [0.5, 0.6) is 5.75 Å². The third-order valence-electron chi connectivity index (χ3n) is 4.91. The van der Waals surface area contributed by atoms with Crippen LogP contribution in [-0.2, 0) is 4.79 Å². The normalized spacial score (nSPS) is 17.1. The predicted molar refractivity (Wildman–Crippen MR) is 105 cm³/mol. The number of carbonyl (C=O) groups excluding carboxylic acids is 2. The molecule has 0 spiro atoms. The fourth-order valence-electron chi connectivity index (χ4n) is 3.40. The number of benzene rings is 1. The summed E-state index contributed by atoms with van der Waals surface area (Å²) in [6, 6.07) is 9.22. The first-order valence-electron chi connectivity index (χ1n) is 9.14. The highest BCUT2D eigenvalue weighted by molar-refractivity contribution is 6.00. The van der Waals surface area contributed by atoms with Crippen molar-refractivity contribution in [3.63, 3.8) is 0 Å². The summed E-state index contributed by atoms with van der Waals surface area (Å²) in [5, 5.41) is 0. The van der Waals surface area contributed by atoms with Crippen molar-refractivity contribution in [2.45, 2.75) is 19.8 Å². The van der Waals surface area contributed by atoms with E-state index < -0.39 is 0 Å². The van der Waals surface area contributed by atoms with E-state index in [1.165, 1.54) is 0 Å². The molecule has 27 heavy (non-hydrogen) atoms. The van der Waals surface area contributed by atoms with E-state index in [0.717, 1.165) is 29.7 Å². The van der Waals surface area contributed by atoms with E-state index >= 15 is 0 Å². The summed E-state index contributed by atoms with van der Waals surface area (Å²) < 4.78 is 5.21. The van der Waals surface area contributed by atoms with Crippen molar-refractivity contribution in [3.8, 4) is 5.75 Å². The van der Waals surface area contributed by atoms with Gasteiger partial charge in [0, 0.05) is 43.0 Å². The molecule has 1 unspecified atom stereocenters. The quantitative estimate of drug-likeness (QED) is 0.601. The molecule has 3 rings (SSSR count). The van der Waals surface area contributed by atoms with Gasteiger partial charge in [0.05, 0.1) is 7.11 Å². The molecule has 1 aliphatic rings. The minimum absolute atomic E-state index is 0.0668. The highest BCUT2D eigenvalue weighted by Gasteiger charge is 2.29. The van der Waals surface area contributed by atoms with E-state index in [1.54, 1.807) is 36.6 Å². The Balaban J connectivity index is 1.67. The number of ether oxygens (including phenoxy) is 1. The summed E-state index contributed by atoms with van der Waals surface area (Å²) in [7, 11) is 1.61. The van der Waals surface area contributed by atoms with Gasteiger partial charge in [-0.1, -0.05) is 6.07 Å². The minimum Gasteiger partial charge on any atom is -0.497 e. The summed E-state index contributed by atoms with van der Waals surface area (Å²) in [4.78, 5) is 31.3. The number of Topliss-reactive ketones (excluding diaryl/α,β-unsaturated/α-hetero) is 1. The molecule has 0 bridgehead atoms. The Morgan fingerprint density at radius 2 is 2.15 bits per heavy atom. The van der Waals surface area contributed by atoms with Gasteiger partial charge in [0.25, 0.3) is 0 Å². The number of hydrogen-bond donors (Lipinski definition) is 0. The van der Waals surface area contributed by atoms with Crippen molar-refractivity contribution in [3.05, 3.63) is 65.5 Å². The molecule has 0 aliphatic carbocycles. The van der Waals surface area contributed by atoms with Crippen molar-refractivity contribution >= 4 is 17.8 Å². The van der Waals surface area contributed by atoms with Gasteiger partial charge in [-0.25, -0.2) is 0 Å². The number of hydrogen-bond acceptors (Lipinski definition) is 4. The standard InChI is InChI=1S/C22H24N2O3/c1-16-13-19(27-2)8-9-20(16)22(26)18-6-4-12-24(15-18)21(25)10-7-17-5-3-11-23-14-17/h3,5,7-11,13-14,18H,4,6,12,15H2,1-2H3. The fraction of sp³-hybridized carbons (Fsp3) is 0.318. The maximum Gasteiger partial charge on any atom is 0.246 e. The summed E-state index contributed by atoms with van der Waals surface area (Å²) in [5.74, 6) is 0.610. The number of nitrogens with zero attached hydrogens (tertiary/aromatic N) is 2. The average molecular weight is 364 g/mol. The van der Waals surface area contributed by atoms with Gasteiger partial charge < -0.3 is 9.64 Å². The monoisotopic (exact) mass is 364 g/mol. The molecule has 1 amide bonds. The fourth-order valence-corrected chi connectivity index (χ4v) is 3.40. The Labute approximate surface area is 159 Å². The summed E-state index contributed by atoms with van der Waals surface area (Å²) in [6.07, 6.45) is 8.36. The number of pyridine rings is 1. The van der Waals surface area contributed by atoms with E-state index in [4.69, 9.17) is 4.74 Å². The first-order chi connectivity index (χ1) is 13.1. The largest absolute Gasteiger partial charge is 0.497 e. The molecule has 1 fully saturated rings. The molecule has 1 aliphatic heterocycles. The van der Waals surface area contributed by atoms with Crippen LogP contribution in [0, 0.1) is 12.8 Å². The van der Waals surface area contributed by atoms with Crippen molar-refractivity contribution in [1.29, 1.82) is 0 Å². The van der Waals surface area contributed by atoms with Gasteiger partial charge in [0.1, 0.15) is 5.75 Å². The molecular weight excluding hydrogens is 340 g/mol. The van der Waals surface area contributed by atoms with Crippen LogP contribution < -0.4 is 4.74 Å². The van der Waals surface area contributed by atoms with E-state index in [0.29, 0.717) is 18.7 Å². The predicted octanol–water partition coefficient (Wildman–Crippen LogP) is 3.53. The smallest absolute Gasteiger partial charge is 0.246 e. The Bertz CT molecular complexity index is 846. The molecule has 140 valence electrons. The van der Waals surface area contributed by atoms with Gasteiger partial charge in [-0.3, -0.25) is 14.6 Å². The zero-order valence-corrected chi connectivity index (χ0v) is 15.7. The molecule has 5 heteroatoms. The van der Waals surface area contributed by atoms with Gasteiger partial charge in [0.15, 0.2) is 5.78 Å². The second-order valence-corrected chi connectivity index (χ2v) is 6.79. The van der Waals surface area contributed by atoms with Crippen LogP contribution in [0.3, 0.4) is 0 Å². The highest BCUT2D eigenvalue weighted by atomic mass is 16.5. The third-order valence-corrected chi connectivity index (χ3v) is 4.91. The number of carbonyl (C=O) groups is 2. The number of ketones is 1. The van der Waals surface area contributed by atoms with Crippen LogP contribution in [0.4, 0.5) is 0 Å². The molecule has 1 aromatic carbocycles. The number of piperidine rings is 1. The van der Waals surface area contributed by atoms with Gasteiger partial charge in [-0.15, -0.1) is 0 Å². The molecule has 0 N–H and O–H groups in total. The lowest BCUT2D eigenvalue weighted by molar-refractivity contribution is -0.127. The molecule has 1 saturated heterocycles. The maximum absolute atomic E-state index is 13.0. The van der Waals surface area contributed by atoms with Crippen LogP contribution in [0.25, 0.3) is 6.08 Å². The van der Waals surface area contributed by atoms with E-state index in [1.807, 2.05) is 37.3 Å². The lowest BCUT2D eigenvalue weighted by Gasteiger charge is -2.31. The Morgan fingerprint density at radius 1 is 1.30 bits per heavy atom. The van der Waals surface area contributed by atoms with Gasteiger partial charge in [0.2, 0.25) is 5.91 Å². The number of amides is 1. The average Bonchev–Trinajstić information content (AvgIpc) is 2.72. The van der Waals surface area contributed by atoms with Gasteiger partial charge in [-0.2, -0.15) is 0 Å². The summed E-state index contributed by atoms with van der Waals surface area (Å²) in [6.45, 7) is 3.06. The zero-order valence-electron chi connectivity index (χ0n) is 15.7. The molecule has 1 atom stereocenters. The Hall–Kier alpha value is -2.95. The highest BCUT2D eigenvalue weighted by Crippen LogP contribution is 2.25. The molecule has 2 aromatic rings. The number of rotatable bonds is 5. The maximum atomic E-state index is 13.0. The second kappa shape index (κ2) is 8.62. The Kier molecular flexibility index (Phi) is 6.01. The molecule has 5 nitrogen and oxygen atoms in total. The lowest BCUT2D eigenvalue weighted by Crippen LogP contribution is -2.41. The van der Waals surface area contributed by atoms with Gasteiger partial charge in [-0.05, 0) is 61.2 Å². The topological polar surface area (TPSA) is 59.5 Å². The number of likely N-dealkylation sites (tertiary alicyclic amines) is 1. The van der Waals surface area contributed by atoms with Crippen LogP contribution in [0.2, 0.25) is 0 Å². The Morgan fingerprint density at radius 3 is 2.85 bits per heavy atom. The molecule has 1 aromatic heterocycles. The van der Waals surface area contributed by atoms with Crippen LogP contribution >= 0.6 is 0 Å². The van der Waals surface area contributed by atoms with Crippen molar-refractivity contribution < 1.29 is 14.3 Å². The molecule has 0 radical (unpaired) electrons. The van der Waals surface area contributed by atoms with E-state index in [-0.39, 0.29) is 17.6 Å². The lowest BCUT2D eigenvalue weighted by atomic mass is 9.88. The number of methoxy groups -OCH3 is 1. The van der Waals surface area contributed by atoms with Gasteiger partial charge >= 0.3 is 0 Å². The number of aromatic nitrogens is 1. The SMILES string of the molecule is COc1ccc(C(=O)C2CCCN(C(=O)C=Cc3cccnc3)C2)c(C)c1. The van der Waals surface area contributed by atoms with Crippen molar-refractivity contribution in [2.75, 3.05) is 20.2 Å². The van der Waals surface area contributed by atoms with Crippen molar-refractivity contribution in [1.82, 2.24) is 9.88 Å².